The number of carbonyl (C=O) groups excluding carboxylic acids is 1. The van der Waals surface area contributed by atoms with E-state index in [1.165, 1.54) is 0 Å². The molecule has 118 valence electrons. The van der Waals surface area contributed by atoms with Gasteiger partial charge < -0.3 is 5.32 Å². The van der Waals surface area contributed by atoms with Crippen molar-refractivity contribution in [2.24, 2.45) is 0 Å². The quantitative estimate of drug-likeness (QED) is 0.744. The van der Waals surface area contributed by atoms with E-state index in [0.717, 1.165) is 15.9 Å². The smallest absolute Gasteiger partial charge is 0.256 e. The van der Waals surface area contributed by atoms with Crippen molar-refractivity contribution in [3.05, 3.63) is 75.9 Å². The van der Waals surface area contributed by atoms with E-state index < -0.39 is 0 Å². The predicted octanol–water partition coefficient (Wildman–Crippen LogP) is 4.07. The molecule has 0 aliphatic rings. The molecule has 0 atom stereocenters. The Balaban J connectivity index is 1.90. The third-order valence-electron chi connectivity index (χ3n) is 3.42. The molecule has 0 saturated heterocycles. The number of rotatable bonds is 3. The van der Waals surface area contributed by atoms with Crippen molar-refractivity contribution in [2.75, 3.05) is 5.32 Å². The summed E-state index contributed by atoms with van der Waals surface area (Å²) in [4.78, 5) is 12.4. The molecule has 2 aromatic carbocycles. The summed E-state index contributed by atoms with van der Waals surface area (Å²) in [6.45, 7) is 1.86. The maximum absolute atomic E-state index is 12.4. The van der Waals surface area contributed by atoms with Crippen LogP contribution in [0.1, 0.15) is 21.6 Å². The summed E-state index contributed by atoms with van der Waals surface area (Å²) < 4.78 is 2.56. The van der Waals surface area contributed by atoms with Crippen LogP contribution in [0.4, 0.5) is 5.82 Å². The summed E-state index contributed by atoms with van der Waals surface area (Å²) in [6, 6.07) is 18.0. The van der Waals surface area contributed by atoms with E-state index in [4.69, 9.17) is 5.26 Å². The largest absolute Gasteiger partial charge is 0.306 e. The Kier molecular flexibility index (Phi) is 4.45. The van der Waals surface area contributed by atoms with Crippen molar-refractivity contribution in [3.63, 3.8) is 0 Å². The van der Waals surface area contributed by atoms with Crippen LogP contribution in [0, 0.1) is 18.3 Å². The van der Waals surface area contributed by atoms with Gasteiger partial charge in [0.25, 0.3) is 5.91 Å². The van der Waals surface area contributed by atoms with E-state index in [1.807, 2.05) is 19.1 Å². The SMILES string of the molecule is Cc1cc(NC(=O)c2ccc(Br)cc2)n(-c2ccc(C#N)cc2)n1. The second-order valence-corrected chi connectivity index (χ2v) is 6.12. The van der Waals surface area contributed by atoms with Gasteiger partial charge in [0.15, 0.2) is 0 Å². The average Bonchev–Trinajstić information content (AvgIpc) is 2.96. The van der Waals surface area contributed by atoms with Crippen LogP contribution in [0.3, 0.4) is 0 Å². The molecule has 3 rings (SSSR count). The minimum absolute atomic E-state index is 0.211. The molecule has 1 aromatic heterocycles. The number of nitrogens with one attached hydrogen (secondary N) is 1. The van der Waals surface area contributed by atoms with E-state index in [-0.39, 0.29) is 5.91 Å². The Labute approximate surface area is 147 Å². The topological polar surface area (TPSA) is 70.7 Å². The molecule has 0 spiro atoms. The second-order valence-electron chi connectivity index (χ2n) is 5.20. The Hall–Kier alpha value is -2.91. The molecule has 5 nitrogen and oxygen atoms in total. The van der Waals surface area contributed by atoms with Gasteiger partial charge in [-0.25, -0.2) is 4.68 Å². The number of nitrogens with zero attached hydrogens (tertiary/aromatic N) is 3. The van der Waals surface area contributed by atoms with Gasteiger partial charge in [-0.05, 0) is 55.5 Å². The minimum Gasteiger partial charge on any atom is -0.306 e. The zero-order valence-electron chi connectivity index (χ0n) is 12.8. The first-order valence-corrected chi connectivity index (χ1v) is 8.00. The number of amides is 1. The second kappa shape index (κ2) is 6.69. The van der Waals surface area contributed by atoms with Crippen LogP contribution in [-0.2, 0) is 0 Å². The van der Waals surface area contributed by atoms with E-state index in [2.05, 4.69) is 32.4 Å². The van der Waals surface area contributed by atoms with Crippen LogP contribution >= 0.6 is 15.9 Å². The molecule has 1 heterocycles. The molecular formula is C18H13BrN4O. The van der Waals surface area contributed by atoms with Crippen molar-refractivity contribution < 1.29 is 4.79 Å². The summed E-state index contributed by atoms with van der Waals surface area (Å²) in [5.41, 5.74) is 2.69. The fourth-order valence-corrected chi connectivity index (χ4v) is 2.52. The van der Waals surface area contributed by atoms with Gasteiger partial charge in [-0.1, -0.05) is 15.9 Å². The molecule has 3 aromatic rings. The average molecular weight is 381 g/mol. The Bertz CT molecular complexity index is 921. The number of halogens is 1. The molecule has 0 aliphatic carbocycles. The number of hydrogen-bond acceptors (Lipinski definition) is 3. The monoisotopic (exact) mass is 380 g/mol. The van der Waals surface area contributed by atoms with Crippen molar-refractivity contribution in [1.29, 1.82) is 5.26 Å². The fraction of sp³-hybridized carbons (Fsp3) is 0.0556. The maximum atomic E-state index is 12.4. The third kappa shape index (κ3) is 3.36. The maximum Gasteiger partial charge on any atom is 0.256 e. The van der Waals surface area contributed by atoms with Gasteiger partial charge in [0.05, 0.1) is 23.0 Å². The molecule has 24 heavy (non-hydrogen) atoms. The number of benzene rings is 2. The van der Waals surface area contributed by atoms with Crippen LogP contribution in [0.2, 0.25) is 0 Å². The van der Waals surface area contributed by atoms with Crippen LogP contribution in [0.5, 0.6) is 0 Å². The highest BCUT2D eigenvalue weighted by Gasteiger charge is 2.12. The molecule has 1 amide bonds. The summed E-state index contributed by atoms with van der Waals surface area (Å²) in [6.07, 6.45) is 0. The number of aromatic nitrogens is 2. The first-order chi connectivity index (χ1) is 11.6. The molecule has 0 aliphatic heterocycles. The van der Waals surface area contributed by atoms with Crippen molar-refractivity contribution in [2.45, 2.75) is 6.92 Å². The van der Waals surface area contributed by atoms with E-state index in [1.54, 1.807) is 47.1 Å². The minimum atomic E-state index is -0.211. The highest BCUT2D eigenvalue weighted by Crippen LogP contribution is 2.19. The lowest BCUT2D eigenvalue weighted by Crippen LogP contribution is -2.15. The lowest BCUT2D eigenvalue weighted by atomic mass is 10.2. The van der Waals surface area contributed by atoms with Crippen molar-refractivity contribution in [3.8, 4) is 11.8 Å². The van der Waals surface area contributed by atoms with Crippen LogP contribution in [0.25, 0.3) is 5.69 Å². The van der Waals surface area contributed by atoms with E-state index in [9.17, 15) is 4.79 Å². The van der Waals surface area contributed by atoms with E-state index in [0.29, 0.717) is 16.9 Å². The Morgan fingerprint density at radius 2 is 1.83 bits per heavy atom. The first kappa shape index (κ1) is 16.0. The molecule has 1 N–H and O–H groups in total. The summed E-state index contributed by atoms with van der Waals surface area (Å²) in [5.74, 6) is 0.363. The third-order valence-corrected chi connectivity index (χ3v) is 3.95. The molecule has 0 radical (unpaired) electrons. The van der Waals surface area contributed by atoms with Crippen molar-refractivity contribution in [1.82, 2.24) is 9.78 Å². The summed E-state index contributed by atoms with van der Waals surface area (Å²) in [5, 5.41) is 16.2. The highest BCUT2D eigenvalue weighted by atomic mass is 79.9. The number of nitriles is 1. The zero-order valence-corrected chi connectivity index (χ0v) is 14.4. The molecular weight excluding hydrogens is 368 g/mol. The van der Waals surface area contributed by atoms with Gasteiger partial charge in [0.2, 0.25) is 0 Å². The van der Waals surface area contributed by atoms with Crippen LogP contribution in [-0.4, -0.2) is 15.7 Å². The molecule has 0 saturated carbocycles. The number of anilines is 1. The fourth-order valence-electron chi connectivity index (χ4n) is 2.25. The van der Waals surface area contributed by atoms with Gasteiger partial charge in [-0.3, -0.25) is 4.79 Å². The van der Waals surface area contributed by atoms with Crippen LogP contribution < -0.4 is 5.32 Å². The lowest BCUT2D eigenvalue weighted by Gasteiger charge is -2.09. The van der Waals surface area contributed by atoms with Gasteiger partial charge in [0, 0.05) is 16.1 Å². The molecule has 0 bridgehead atoms. The van der Waals surface area contributed by atoms with Gasteiger partial charge in [-0.2, -0.15) is 10.4 Å². The lowest BCUT2D eigenvalue weighted by molar-refractivity contribution is 0.102. The molecule has 0 unspecified atom stereocenters. The van der Waals surface area contributed by atoms with Gasteiger partial charge in [-0.15, -0.1) is 0 Å². The molecule has 6 heteroatoms. The predicted molar refractivity (Wildman–Crippen MR) is 95.1 cm³/mol. The van der Waals surface area contributed by atoms with Crippen molar-refractivity contribution >= 4 is 27.7 Å². The summed E-state index contributed by atoms with van der Waals surface area (Å²) in [7, 11) is 0. The van der Waals surface area contributed by atoms with Crippen LogP contribution in [0.15, 0.2) is 59.1 Å². The number of aryl methyl sites for hydroxylation is 1. The Morgan fingerprint density at radius 3 is 2.46 bits per heavy atom. The zero-order chi connectivity index (χ0) is 17.1. The van der Waals surface area contributed by atoms with Gasteiger partial charge >= 0.3 is 0 Å². The Morgan fingerprint density at radius 1 is 1.17 bits per heavy atom. The standard InChI is InChI=1S/C18H13BrN4O/c1-12-10-17(21-18(24)14-4-6-15(19)7-5-14)23(22-12)16-8-2-13(11-20)3-9-16/h2-10H,1H3,(H,21,24). The van der Waals surface area contributed by atoms with Gasteiger partial charge in [0.1, 0.15) is 5.82 Å². The van der Waals surface area contributed by atoms with E-state index >= 15 is 0 Å². The number of hydrogen-bond donors (Lipinski definition) is 1. The summed E-state index contributed by atoms with van der Waals surface area (Å²) >= 11 is 3.35. The molecule has 0 fully saturated rings. The highest BCUT2D eigenvalue weighted by molar-refractivity contribution is 9.10. The number of carbonyl (C=O) groups is 1. The first-order valence-electron chi connectivity index (χ1n) is 7.21. The normalized spacial score (nSPS) is 10.2.